The Bertz CT molecular complexity index is 950. The van der Waals surface area contributed by atoms with Crippen LogP contribution in [0.15, 0.2) is 23.1 Å². The first kappa shape index (κ1) is 22.3. The number of benzene rings is 1. The third-order valence-corrected chi connectivity index (χ3v) is 8.62. The Hall–Kier alpha value is -1.93. The van der Waals surface area contributed by atoms with E-state index in [0.29, 0.717) is 38.9 Å². The van der Waals surface area contributed by atoms with Crippen LogP contribution in [-0.2, 0) is 26.0 Å². The summed E-state index contributed by atoms with van der Waals surface area (Å²) in [5.74, 6) is 0.224. The molecular formula is C23H33N3O4S. The van der Waals surface area contributed by atoms with Crippen LogP contribution in [0.2, 0.25) is 0 Å². The molecule has 31 heavy (non-hydrogen) atoms. The fraction of sp³-hybridized carbons (Fsp3) is 0.652. The Labute approximate surface area is 185 Å². The maximum Gasteiger partial charge on any atom is 0.243 e. The highest BCUT2D eigenvalue weighted by molar-refractivity contribution is 7.89. The van der Waals surface area contributed by atoms with Crippen molar-refractivity contribution < 1.29 is 18.0 Å². The third kappa shape index (κ3) is 4.51. The lowest BCUT2D eigenvalue weighted by molar-refractivity contribution is -0.126. The second-order valence-electron chi connectivity index (χ2n) is 9.15. The van der Waals surface area contributed by atoms with E-state index in [1.54, 1.807) is 18.2 Å². The molecule has 4 rings (SSSR count). The van der Waals surface area contributed by atoms with E-state index >= 15 is 0 Å². The fourth-order valence-corrected chi connectivity index (χ4v) is 6.19. The van der Waals surface area contributed by atoms with E-state index < -0.39 is 10.0 Å². The molecule has 1 N–H and O–H groups in total. The van der Waals surface area contributed by atoms with Gasteiger partial charge in [-0.25, -0.2) is 8.42 Å². The highest BCUT2D eigenvalue weighted by atomic mass is 32.2. The molecule has 2 amide bonds. The highest BCUT2D eigenvalue weighted by Gasteiger charge is 2.40. The molecule has 0 aromatic heterocycles. The van der Waals surface area contributed by atoms with Gasteiger partial charge in [0, 0.05) is 43.2 Å². The van der Waals surface area contributed by atoms with Gasteiger partial charge in [-0.3, -0.25) is 9.59 Å². The van der Waals surface area contributed by atoms with E-state index in [0.717, 1.165) is 36.9 Å². The Morgan fingerprint density at radius 2 is 1.81 bits per heavy atom. The number of nitrogens with one attached hydrogen (secondary N) is 1. The molecule has 1 aromatic carbocycles. The molecule has 1 aliphatic carbocycles. The second kappa shape index (κ2) is 8.90. The maximum atomic E-state index is 13.2. The number of piperidine rings is 1. The molecule has 7 nitrogen and oxygen atoms in total. The number of amides is 2. The van der Waals surface area contributed by atoms with Crippen molar-refractivity contribution in [3.8, 4) is 0 Å². The van der Waals surface area contributed by atoms with E-state index in [-0.39, 0.29) is 34.6 Å². The first-order valence-electron chi connectivity index (χ1n) is 11.6. The van der Waals surface area contributed by atoms with Crippen LogP contribution in [0.25, 0.3) is 0 Å². The summed E-state index contributed by atoms with van der Waals surface area (Å²) >= 11 is 0. The van der Waals surface area contributed by atoms with Gasteiger partial charge >= 0.3 is 0 Å². The lowest BCUT2D eigenvalue weighted by Gasteiger charge is -2.30. The Morgan fingerprint density at radius 3 is 2.45 bits per heavy atom. The summed E-state index contributed by atoms with van der Waals surface area (Å²) in [6.45, 7) is 5.49. The predicted octanol–water partition coefficient (Wildman–Crippen LogP) is 2.69. The van der Waals surface area contributed by atoms with Crippen molar-refractivity contribution in [2.75, 3.05) is 24.5 Å². The lowest BCUT2D eigenvalue weighted by atomic mass is 9.97. The molecule has 2 fully saturated rings. The average Bonchev–Trinajstić information content (AvgIpc) is 3.55. The van der Waals surface area contributed by atoms with E-state index in [1.165, 1.54) is 4.31 Å². The van der Waals surface area contributed by atoms with Gasteiger partial charge in [0.1, 0.15) is 0 Å². The average molecular weight is 448 g/mol. The molecule has 2 heterocycles. The van der Waals surface area contributed by atoms with Crippen molar-refractivity contribution in [3.05, 3.63) is 23.8 Å². The van der Waals surface area contributed by atoms with Gasteiger partial charge in [0.2, 0.25) is 21.8 Å². The Kier molecular flexibility index (Phi) is 6.40. The maximum absolute atomic E-state index is 13.2. The van der Waals surface area contributed by atoms with E-state index in [9.17, 15) is 18.0 Å². The van der Waals surface area contributed by atoms with Gasteiger partial charge < -0.3 is 10.2 Å². The minimum Gasteiger partial charge on any atom is -0.356 e. The van der Waals surface area contributed by atoms with Crippen LogP contribution in [0.4, 0.5) is 5.69 Å². The van der Waals surface area contributed by atoms with Crippen molar-refractivity contribution >= 4 is 27.5 Å². The van der Waals surface area contributed by atoms with Crippen molar-refractivity contribution in [1.29, 1.82) is 0 Å². The molecule has 8 heteroatoms. The molecule has 1 aromatic rings. The summed E-state index contributed by atoms with van der Waals surface area (Å²) in [4.78, 5) is 27.1. The number of carbonyl (C=O) groups is 2. The van der Waals surface area contributed by atoms with Gasteiger partial charge in [-0.1, -0.05) is 13.3 Å². The minimum atomic E-state index is -3.61. The second-order valence-corrected chi connectivity index (χ2v) is 11.1. The topological polar surface area (TPSA) is 86.8 Å². The summed E-state index contributed by atoms with van der Waals surface area (Å²) in [5, 5.41) is 2.96. The molecule has 0 spiro atoms. The number of anilines is 1. The van der Waals surface area contributed by atoms with Crippen molar-refractivity contribution in [2.45, 2.75) is 69.7 Å². The van der Waals surface area contributed by atoms with Gasteiger partial charge in [0.15, 0.2) is 0 Å². The van der Waals surface area contributed by atoms with Crippen LogP contribution in [0.5, 0.6) is 0 Å². The minimum absolute atomic E-state index is 0.0393. The van der Waals surface area contributed by atoms with Crippen LogP contribution in [0, 0.1) is 11.8 Å². The molecule has 1 saturated carbocycles. The first-order chi connectivity index (χ1) is 14.8. The fourth-order valence-electron chi connectivity index (χ4n) is 4.67. The zero-order valence-electron chi connectivity index (χ0n) is 18.5. The molecule has 0 bridgehead atoms. The quantitative estimate of drug-likeness (QED) is 0.651. The summed E-state index contributed by atoms with van der Waals surface area (Å²) in [6.07, 6.45) is 5.66. The zero-order chi connectivity index (χ0) is 22.2. The summed E-state index contributed by atoms with van der Waals surface area (Å²) < 4.78 is 28.0. The monoisotopic (exact) mass is 447 g/mol. The normalized spacial score (nSPS) is 22.4. The van der Waals surface area contributed by atoms with Crippen LogP contribution >= 0.6 is 0 Å². The van der Waals surface area contributed by atoms with Crippen LogP contribution in [0.1, 0.15) is 57.9 Å². The molecule has 3 aliphatic rings. The number of hydrogen-bond acceptors (Lipinski definition) is 4. The standard InChI is InChI=1S/C23H33N3O4S/c1-3-4-11-24-22(27)17-9-12-25(13-10-17)31(29,30)20-7-8-21-19(15-20)14-16(2)26(21)23(28)18-5-6-18/h7-8,15-18H,3-6,9-14H2,1-2H3,(H,24,27)/t16-/m1/s1. The van der Waals surface area contributed by atoms with Crippen molar-refractivity contribution in [1.82, 2.24) is 9.62 Å². The van der Waals surface area contributed by atoms with Crippen molar-refractivity contribution in [2.24, 2.45) is 11.8 Å². The summed E-state index contributed by atoms with van der Waals surface area (Å²) in [7, 11) is -3.61. The Balaban J connectivity index is 1.43. The number of rotatable bonds is 7. The Morgan fingerprint density at radius 1 is 1.10 bits per heavy atom. The van der Waals surface area contributed by atoms with Gasteiger partial charge in [0.25, 0.3) is 0 Å². The first-order valence-corrected chi connectivity index (χ1v) is 13.0. The van der Waals surface area contributed by atoms with Gasteiger partial charge in [0.05, 0.1) is 4.90 Å². The predicted molar refractivity (Wildman–Crippen MR) is 119 cm³/mol. The molecule has 0 radical (unpaired) electrons. The highest BCUT2D eigenvalue weighted by Crippen LogP contribution is 2.40. The molecule has 1 saturated heterocycles. The van der Waals surface area contributed by atoms with Gasteiger partial charge in [-0.2, -0.15) is 4.31 Å². The number of carbonyl (C=O) groups excluding carboxylic acids is 2. The SMILES string of the molecule is CCCCNC(=O)C1CCN(S(=O)(=O)c2ccc3c(c2)C[C@@H](C)N3C(=O)C2CC2)CC1. The third-order valence-electron chi connectivity index (χ3n) is 6.72. The van der Waals surface area contributed by atoms with Crippen LogP contribution in [0.3, 0.4) is 0 Å². The summed E-state index contributed by atoms with van der Waals surface area (Å²) in [6, 6.07) is 5.22. The number of unbranched alkanes of at least 4 members (excludes halogenated alkanes) is 1. The smallest absolute Gasteiger partial charge is 0.243 e. The number of hydrogen-bond donors (Lipinski definition) is 1. The van der Waals surface area contributed by atoms with E-state index in [1.807, 2.05) is 11.8 Å². The van der Waals surface area contributed by atoms with E-state index in [4.69, 9.17) is 0 Å². The van der Waals surface area contributed by atoms with E-state index in [2.05, 4.69) is 12.2 Å². The number of fused-ring (bicyclic) bond motifs is 1. The van der Waals surface area contributed by atoms with Gasteiger partial charge in [-0.05, 0) is 69.2 Å². The number of sulfonamides is 1. The van der Waals surface area contributed by atoms with Crippen LogP contribution < -0.4 is 10.2 Å². The molecular weight excluding hydrogens is 414 g/mol. The molecule has 170 valence electrons. The largest absolute Gasteiger partial charge is 0.356 e. The molecule has 1 atom stereocenters. The van der Waals surface area contributed by atoms with Crippen molar-refractivity contribution in [3.63, 3.8) is 0 Å². The van der Waals surface area contributed by atoms with Crippen LogP contribution in [-0.4, -0.2) is 50.2 Å². The molecule has 2 aliphatic heterocycles. The zero-order valence-corrected chi connectivity index (χ0v) is 19.3. The van der Waals surface area contributed by atoms with Gasteiger partial charge in [-0.15, -0.1) is 0 Å². The summed E-state index contributed by atoms with van der Waals surface area (Å²) in [5.41, 5.74) is 1.78. The number of nitrogens with zero attached hydrogens (tertiary/aromatic N) is 2. The lowest BCUT2D eigenvalue weighted by Crippen LogP contribution is -2.43. The molecule has 0 unspecified atom stereocenters.